The summed E-state index contributed by atoms with van der Waals surface area (Å²) in [5, 5.41) is 19.0. The second kappa shape index (κ2) is 3.38. The zero-order valence-corrected chi connectivity index (χ0v) is 7.62. The molecule has 0 aliphatic carbocycles. The van der Waals surface area contributed by atoms with Crippen molar-refractivity contribution in [2.24, 2.45) is 0 Å². The zero-order valence-electron chi connectivity index (χ0n) is 7.62. The number of hydrogen-bond donors (Lipinski definition) is 2. The molecule has 5 atom stereocenters. The minimum Gasteiger partial charge on any atom is -0.430 e. The highest BCUT2D eigenvalue weighted by Crippen LogP contribution is 2.26. The van der Waals surface area contributed by atoms with Crippen LogP contribution in [0.15, 0.2) is 0 Å². The number of hydrogen-bond acceptors (Lipinski definition) is 6. The maximum absolute atomic E-state index is 10.6. The molecule has 80 valence electrons. The van der Waals surface area contributed by atoms with Crippen LogP contribution in [-0.4, -0.2) is 53.5 Å². The molecule has 0 bridgehead atoms. The van der Waals surface area contributed by atoms with Gasteiger partial charge in [-0.15, -0.1) is 0 Å². The van der Waals surface area contributed by atoms with Crippen LogP contribution in [0.5, 0.6) is 0 Å². The van der Waals surface area contributed by atoms with Gasteiger partial charge in [0.2, 0.25) is 0 Å². The molecule has 0 aromatic rings. The molecule has 0 saturated carbocycles. The lowest BCUT2D eigenvalue weighted by molar-refractivity contribution is -0.0509. The molecule has 2 rings (SSSR count). The fraction of sp³-hybridized carbons (Fsp3) is 0.875. The van der Waals surface area contributed by atoms with Crippen molar-refractivity contribution in [3.05, 3.63) is 0 Å². The van der Waals surface area contributed by atoms with Crippen LogP contribution in [0, 0.1) is 0 Å². The predicted octanol–water partition coefficient (Wildman–Crippen LogP) is -0.969. The lowest BCUT2D eigenvalue weighted by atomic mass is 10.1. The summed E-state index contributed by atoms with van der Waals surface area (Å²) in [7, 11) is 0. The van der Waals surface area contributed by atoms with E-state index in [1.807, 2.05) is 0 Å². The van der Waals surface area contributed by atoms with Gasteiger partial charge in [0, 0.05) is 0 Å². The summed E-state index contributed by atoms with van der Waals surface area (Å²) in [5.74, 6) is 0. The van der Waals surface area contributed by atoms with Crippen molar-refractivity contribution < 1.29 is 29.2 Å². The number of rotatable bonds is 1. The van der Waals surface area contributed by atoms with Crippen molar-refractivity contribution in [2.45, 2.75) is 37.4 Å². The van der Waals surface area contributed by atoms with Gasteiger partial charge in [-0.05, 0) is 6.92 Å². The number of aliphatic hydroxyl groups is 2. The van der Waals surface area contributed by atoms with Crippen LogP contribution >= 0.6 is 0 Å². The third-order valence-corrected chi connectivity index (χ3v) is 2.52. The van der Waals surface area contributed by atoms with E-state index in [1.54, 1.807) is 6.92 Å². The van der Waals surface area contributed by atoms with Crippen molar-refractivity contribution >= 4 is 6.16 Å². The molecule has 6 heteroatoms. The first kappa shape index (κ1) is 9.70. The van der Waals surface area contributed by atoms with Crippen molar-refractivity contribution in [3.63, 3.8) is 0 Å². The molecule has 2 unspecified atom stereocenters. The molecule has 2 heterocycles. The highest BCUT2D eigenvalue weighted by Gasteiger charge is 2.48. The van der Waals surface area contributed by atoms with E-state index in [4.69, 9.17) is 9.47 Å². The monoisotopic (exact) mass is 204 g/mol. The normalized spacial score (nSPS) is 47.6. The van der Waals surface area contributed by atoms with E-state index in [9.17, 15) is 15.0 Å². The Kier molecular flexibility index (Phi) is 2.34. The molecule has 0 amide bonds. The first-order valence-corrected chi connectivity index (χ1v) is 4.44. The molecule has 0 radical (unpaired) electrons. The molecule has 0 spiro atoms. The molecule has 6 nitrogen and oxygen atoms in total. The lowest BCUT2D eigenvalue weighted by Gasteiger charge is -2.17. The Morgan fingerprint density at radius 3 is 2.50 bits per heavy atom. The van der Waals surface area contributed by atoms with Gasteiger partial charge in [-0.3, -0.25) is 0 Å². The second-order valence-electron chi connectivity index (χ2n) is 3.50. The maximum Gasteiger partial charge on any atom is 0.508 e. The third-order valence-electron chi connectivity index (χ3n) is 2.52. The maximum atomic E-state index is 10.6. The SMILES string of the molecule is C[C@@H]1O[C@H](C2COC(=O)O2)[C@@H](O)C1O. The molecule has 2 saturated heterocycles. The molecule has 2 N–H and O–H groups in total. The first-order chi connectivity index (χ1) is 6.59. The standard InChI is InChI=1S/C8H12O6/c1-3-5(9)6(10)7(13-3)4-2-12-8(11)14-4/h3-7,9-10H,2H2,1H3/t3-,4?,5?,6-,7+/m0/s1. The summed E-state index contributed by atoms with van der Waals surface area (Å²) < 4.78 is 14.6. The topological polar surface area (TPSA) is 85.2 Å². The van der Waals surface area contributed by atoms with Crippen LogP contribution in [0.1, 0.15) is 6.92 Å². The van der Waals surface area contributed by atoms with E-state index >= 15 is 0 Å². The minimum absolute atomic E-state index is 0.0556. The average molecular weight is 204 g/mol. The molecular formula is C8H12O6. The largest absolute Gasteiger partial charge is 0.508 e. The first-order valence-electron chi connectivity index (χ1n) is 4.44. The van der Waals surface area contributed by atoms with E-state index in [1.165, 1.54) is 0 Å². The molecular weight excluding hydrogens is 192 g/mol. The highest BCUT2D eigenvalue weighted by molar-refractivity contribution is 5.62. The summed E-state index contributed by atoms with van der Waals surface area (Å²) in [5.41, 5.74) is 0. The Morgan fingerprint density at radius 1 is 1.36 bits per heavy atom. The Bertz CT molecular complexity index is 242. The summed E-state index contributed by atoms with van der Waals surface area (Å²) in [6.45, 7) is 1.70. The van der Waals surface area contributed by atoms with Gasteiger partial charge in [-0.1, -0.05) is 0 Å². The molecule has 0 aromatic heterocycles. The number of aliphatic hydroxyl groups excluding tert-OH is 2. The fourth-order valence-corrected chi connectivity index (χ4v) is 1.69. The van der Waals surface area contributed by atoms with Gasteiger partial charge < -0.3 is 24.4 Å². The predicted molar refractivity (Wildman–Crippen MR) is 42.6 cm³/mol. The highest BCUT2D eigenvalue weighted by atomic mass is 16.8. The Labute approximate surface area is 80.4 Å². The van der Waals surface area contributed by atoms with Gasteiger partial charge in [0.15, 0.2) is 6.10 Å². The summed E-state index contributed by atoms with van der Waals surface area (Å²) >= 11 is 0. The summed E-state index contributed by atoms with van der Waals surface area (Å²) in [6, 6.07) is 0. The van der Waals surface area contributed by atoms with E-state index in [-0.39, 0.29) is 6.61 Å². The zero-order chi connectivity index (χ0) is 10.3. The Morgan fingerprint density at radius 2 is 2.07 bits per heavy atom. The molecule has 2 aliphatic rings. The van der Waals surface area contributed by atoms with E-state index in [2.05, 4.69) is 4.74 Å². The van der Waals surface area contributed by atoms with Gasteiger partial charge in [0.05, 0.1) is 6.10 Å². The van der Waals surface area contributed by atoms with Crippen LogP contribution in [-0.2, 0) is 14.2 Å². The second-order valence-corrected chi connectivity index (χ2v) is 3.50. The fourth-order valence-electron chi connectivity index (χ4n) is 1.69. The summed E-state index contributed by atoms with van der Waals surface area (Å²) in [6.07, 6.45) is -4.54. The number of cyclic esters (lactones) is 2. The smallest absolute Gasteiger partial charge is 0.430 e. The van der Waals surface area contributed by atoms with Crippen molar-refractivity contribution in [3.8, 4) is 0 Å². The molecule has 0 aromatic carbocycles. The third kappa shape index (κ3) is 1.45. The van der Waals surface area contributed by atoms with Gasteiger partial charge >= 0.3 is 6.16 Å². The Balaban J connectivity index is 2.02. The molecule has 2 fully saturated rings. The van der Waals surface area contributed by atoms with Gasteiger partial charge in [-0.2, -0.15) is 0 Å². The lowest BCUT2D eigenvalue weighted by Crippen LogP contribution is -2.39. The van der Waals surface area contributed by atoms with E-state index in [0.29, 0.717) is 0 Å². The molecule has 14 heavy (non-hydrogen) atoms. The van der Waals surface area contributed by atoms with Crippen LogP contribution in [0.3, 0.4) is 0 Å². The van der Waals surface area contributed by atoms with Crippen LogP contribution in [0.2, 0.25) is 0 Å². The quantitative estimate of drug-likeness (QED) is 0.534. The number of ether oxygens (including phenoxy) is 3. The van der Waals surface area contributed by atoms with E-state index < -0.39 is 36.7 Å². The van der Waals surface area contributed by atoms with Crippen LogP contribution in [0.4, 0.5) is 4.79 Å². The minimum atomic E-state index is -1.04. The van der Waals surface area contributed by atoms with Crippen molar-refractivity contribution in [1.29, 1.82) is 0 Å². The summed E-state index contributed by atoms with van der Waals surface area (Å²) in [4.78, 5) is 10.6. The van der Waals surface area contributed by atoms with Gasteiger partial charge in [0.1, 0.15) is 24.9 Å². The van der Waals surface area contributed by atoms with E-state index in [0.717, 1.165) is 0 Å². The van der Waals surface area contributed by atoms with Gasteiger partial charge in [0.25, 0.3) is 0 Å². The van der Waals surface area contributed by atoms with Gasteiger partial charge in [-0.25, -0.2) is 4.79 Å². The number of carbonyl (C=O) groups is 1. The number of carbonyl (C=O) groups excluding carboxylic acids is 1. The van der Waals surface area contributed by atoms with Crippen molar-refractivity contribution in [2.75, 3.05) is 6.61 Å². The van der Waals surface area contributed by atoms with Crippen LogP contribution in [0.25, 0.3) is 0 Å². The average Bonchev–Trinajstić information content (AvgIpc) is 2.66. The molecule has 2 aliphatic heterocycles. The van der Waals surface area contributed by atoms with Crippen molar-refractivity contribution in [1.82, 2.24) is 0 Å². The Hall–Kier alpha value is -0.850. The van der Waals surface area contributed by atoms with Crippen LogP contribution < -0.4 is 0 Å².